The Labute approximate surface area is 154 Å². The van der Waals surface area contributed by atoms with E-state index in [0.717, 1.165) is 28.2 Å². The molecule has 3 aromatic carbocycles. The van der Waals surface area contributed by atoms with Gasteiger partial charge in [-0.05, 0) is 41.0 Å². The summed E-state index contributed by atoms with van der Waals surface area (Å²) in [6.45, 7) is 0. The van der Waals surface area contributed by atoms with Crippen molar-refractivity contribution in [2.24, 2.45) is 0 Å². The molecule has 0 amide bonds. The highest BCUT2D eigenvalue weighted by Crippen LogP contribution is 2.31. The lowest BCUT2D eigenvalue weighted by Gasteiger charge is -2.29. The van der Waals surface area contributed by atoms with E-state index in [9.17, 15) is 5.11 Å². The summed E-state index contributed by atoms with van der Waals surface area (Å²) in [6, 6.07) is 25.5. The summed E-state index contributed by atoms with van der Waals surface area (Å²) in [7, 11) is 3.30. The Morgan fingerprint density at radius 2 is 1.08 bits per heavy atom. The molecular weight excluding hydrogens is 324 g/mol. The average molecular weight is 348 g/mol. The Hall–Kier alpha value is -2.78. The minimum atomic E-state index is -0.996. The zero-order chi connectivity index (χ0) is 18.4. The molecule has 0 saturated carbocycles. The van der Waals surface area contributed by atoms with E-state index >= 15 is 0 Å². The lowest BCUT2D eigenvalue weighted by molar-refractivity contribution is 0.0371. The van der Waals surface area contributed by atoms with Crippen molar-refractivity contribution in [3.05, 3.63) is 95.6 Å². The van der Waals surface area contributed by atoms with Crippen LogP contribution in [0, 0.1) is 0 Å². The Morgan fingerprint density at radius 3 is 1.46 bits per heavy atom. The molecule has 0 aliphatic carbocycles. The minimum absolute atomic E-state index is 0.521. The third-order valence-electron chi connectivity index (χ3n) is 4.62. The normalized spacial score (nSPS) is 11.2. The van der Waals surface area contributed by atoms with Crippen molar-refractivity contribution in [3.8, 4) is 11.5 Å². The van der Waals surface area contributed by atoms with E-state index in [2.05, 4.69) is 0 Å². The van der Waals surface area contributed by atoms with E-state index in [0.29, 0.717) is 12.8 Å². The van der Waals surface area contributed by atoms with Gasteiger partial charge >= 0.3 is 0 Å². The summed E-state index contributed by atoms with van der Waals surface area (Å²) >= 11 is 0. The fraction of sp³-hybridized carbons (Fsp3) is 0.217. The maximum atomic E-state index is 11.6. The molecule has 0 aliphatic heterocycles. The van der Waals surface area contributed by atoms with Crippen LogP contribution in [0.2, 0.25) is 0 Å². The molecule has 134 valence electrons. The van der Waals surface area contributed by atoms with Gasteiger partial charge in [-0.25, -0.2) is 0 Å². The largest absolute Gasteiger partial charge is 0.497 e. The lowest BCUT2D eigenvalue weighted by atomic mass is 9.82. The van der Waals surface area contributed by atoms with Crippen molar-refractivity contribution >= 4 is 0 Å². The van der Waals surface area contributed by atoms with Crippen LogP contribution in [-0.2, 0) is 18.4 Å². The van der Waals surface area contributed by atoms with Crippen LogP contribution in [-0.4, -0.2) is 19.3 Å². The van der Waals surface area contributed by atoms with Gasteiger partial charge in [0.05, 0.1) is 19.8 Å². The van der Waals surface area contributed by atoms with Crippen molar-refractivity contribution < 1.29 is 14.6 Å². The first-order chi connectivity index (χ1) is 12.6. The third kappa shape index (κ3) is 4.24. The quantitative estimate of drug-likeness (QED) is 0.689. The monoisotopic (exact) mass is 348 g/mol. The molecular formula is C23H24O3. The van der Waals surface area contributed by atoms with Gasteiger partial charge in [0.1, 0.15) is 11.5 Å². The summed E-state index contributed by atoms with van der Waals surface area (Å²) in [5, 5.41) is 11.6. The maximum absolute atomic E-state index is 11.6. The van der Waals surface area contributed by atoms with Gasteiger partial charge in [-0.15, -0.1) is 0 Å². The summed E-state index contributed by atoms with van der Waals surface area (Å²) < 4.78 is 10.5. The number of ether oxygens (including phenoxy) is 2. The Morgan fingerprint density at radius 1 is 0.654 bits per heavy atom. The van der Waals surface area contributed by atoms with Gasteiger partial charge in [0.2, 0.25) is 0 Å². The van der Waals surface area contributed by atoms with E-state index in [1.54, 1.807) is 14.2 Å². The summed E-state index contributed by atoms with van der Waals surface area (Å²) in [6.07, 6.45) is 1.04. The molecule has 0 heterocycles. The molecule has 26 heavy (non-hydrogen) atoms. The lowest BCUT2D eigenvalue weighted by Crippen LogP contribution is -2.31. The van der Waals surface area contributed by atoms with Gasteiger partial charge < -0.3 is 14.6 Å². The SMILES string of the molecule is COc1ccc(CC(O)(Cc2ccc(OC)cc2)c2ccccc2)cc1. The average Bonchev–Trinajstić information content (AvgIpc) is 2.70. The van der Waals surface area contributed by atoms with E-state index in [1.165, 1.54) is 0 Å². The molecule has 3 heteroatoms. The van der Waals surface area contributed by atoms with Crippen LogP contribution in [0.5, 0.6) is 11.5 Å². The topological polar surface area (TPSA) is 38.7 Å². The fourth-order valence-corrected chi connectivity index (χ4v) is 3.18. The Balaban J connectivity index is 1.90. The molecule has 3 aromatic rings. The zero-order valence-corrected chi connectivity index (χ0v) is 15.2. The van der Waals surface area contributed by atoms with Gasteiger partial charge in [-0.2, -0.15) is 0 Å². The smallest absolute Gasteiger partial charge is 0.118 e. The van der Waals surface area contributed by atoms with Crippen LogP contribution in [0.3, 0.4) is 0 Å². The second-order valence-electron chi connectivity index (χ2n) is 6.45. The number of hydrogen-bond acceptors (Lipinski definition) is 3. The van der Waals surface area contributed by atoms with Crippen molar-refractivity contribution in [3.63, 3.8) is 0 Å². The fourth-order valence-electron chi connectivity index (χ4n) is 3.18. The molecule has 3 nitrogen and oxygen atoms in total. The first kappa shape index (κ1) is 18.0. The van der Waals surface area contributed by atoms with Gasteiger partial charge in [0.15, 0.2) is 0 Å². The molecule has 0 unspecified atom stereocenters. The highest BCUT2D eigenvalue weighted by Gasteiger charge is 2.30. The Bertz CT molecular complexity index is 759. The standard InChI is InChI=1S/C23H24O3/c1-25-21-12-8-18(9-13-21)16-23(24,20-6-4-3-5-7-20)17-19-10-14-22(26-2)15-11-19/h3-15,24H,16-17H2,1-2H3. The van der Waals surface area contributed by atoms with Gasteiger partial charge in [-0.1, -0.05) is 54.6 Å². The number of benzene rings is 3. The van der Waals surface area contributed by atoms with Crippen LogP contribution >= 0.6 is 0 Å². The van der Waals surface area contributed by atoms with Gasteiger partial charge in [0.25, 0.3) is 0 Å². The molecule has 0 bridgehead atoms. The number of rotatable bonds is 7. The van der Waals surface area contributed by atoms with Crippen LogP contribution in [0.1, 0.15) is 16.7 Å². The number of aliphatic hydroxyl groups is 1. The minimum Gasteiger partial charge on any atom is -0.497 e. The van der Waals surface area contributed by atoms with E-state index < -0.39 is 5.60 Å². The predicted octanol–water partition coefficient (Wildman–Crippen LogP) is 4.38. The van der Waals surface area contributed by atoms with E-state index in [4.69, 9.17) is 9.47 Å². The summed E-state index contributed by atoms with van der Waals surface area (Å²) in [5.41, 5.74) is 2.03. The van der Waals surface area contributed by atoms with Crippen molar-refractivity contribution in [1.82, 2.24) is 0 Å². The third-order valence-corrected chi connectivity index (χ3v) is 4.62. The van der Waals surface area contributed by atoms with E-state index in [1.807, 2.05) is 78.9 Å². The molecule has 0 aromatic heterocycles. The van der Waals surface area contributed by atoms with Crippen molar-refractivity contribution in [2.45, 2.75) is 18.4 Å². The van der Waals surface area contributed by atoms with Gasteiger partial charge in [-0.3, -0.25) is 0 Å². The van der Waals surface area contributed by atoms with Crippen molar-refractivity contribution in [1.29, 1.82) is 0 Å². The molecule has 0 radical (unpaired) electrons. The predicted molar refractivity (Wildman–Crippen MR) is 104 cm³/mol. The van der Waals surface area contributed by atoms with Crippen molar-refractivity contribution in [2.75, 3.05) is 14.2 Å². The first-order valence-electron chi connectivity index (χ1n) is 8.67. The molecule has 1 N–H and O–H groups in total. The van der Waals surface area contributed by atoms with Gasteiger partial charge in [0, 0.05) is 12.8 Å². The number of hydrogen-bond donors (Lipinski definition) is 1. The first-order valence-corrected chi connectivity index (χ1v) is 8.67. The van der Waals surface area contributed by atoms with Crippen LogP contribution < -0.4 is 9.47 Å². The molecule has 0 spiro atoms. The molecule has 3 rings (SSSR count). The second kappa shape index (κ2) is 8.07. The van der Waals surface area contributed by atoms with Crippen LogP contribution in [0.4, 0.5) is 0 Å². The molecule has 0 aliphatic rings. The van der Waals surface area contributed by atoms with E-state index in [-0.39, 0.29) is 0 Å². The van der Waals surface area contributed by atoms with Crippen LogP contribution in [0.15, 0.2) is 78.9 Å². The molecule has 0 fully saturated rings. The zero-order valence-electron chi connectivity index (χ0n) is 15.2. The highest BCUT2D eigenvalue weighted by atomic mass is 16.5. The molecule has 0 atom stereocenters. The summed E-state index contributed by atoms with van der Waals surface area (Å²) in [4.78, 5) is 0. The van der Waals surface area contributed by atoms with Crippen LogP contribution in [0.25, 0.3) is 0 Å². The Kier molecular flexibility index (Phi) is 5.59. The maximum Gasteiger partial charge on any atom is 0.118 e. The summed E-state index contributed by atoms with van der Waals surface area (Å²) in [5.74, 6) is 1.62. The second-order valence-corrected chi connectivity index (χ2v) is 6.45. The number of methoxy groups -OCH3 is 2. The molecule has 0 saturated heterocycles. The highest BCUT2D eigenvalue weighted by molar-refractivity contribution is 5.34.